The molecule has 0 aliphatic rings. The van der Waals surface area contributed by atoms with E-state index in [1.54, 1.807) is 0 Å². The second-order valence-electron chi connectivity index (χ2n) is 1.55. The maximum absolute atomic E-state index is 10.1. The molecule has 3 N–H and O–H groups in total. The van der Waals surface area contributed by atoms with Crippen LogP contribution in [0.1, 0.15) is 0 Å². The van der Waals surface area contributed by atoms with Gasteiger partial charge >= 0.3 is 7.82 Å². The molecule has 0 aromatic rings. The molecule has 7 heteroatoms. The van der Waals surface area contributed by atoms with E-state index in [1.165, 1.54) is 0 Å². The van der Waals surface area contributed by atoms with Crippen molar-refractivity contribution in [2.45, 2.75) is 6.10 Å². The molecule has 0 heterocycles. The molecule has 0 aromatic carbocycles. The van der Waals surface area contributed by atoms with Crippen LogP contribution in [0.3, 0.4) is 0 Å². The second-order valence-corrected chi connectivity index (χ2v) is 3.39. The summed E-state index contributed by atoms with van der Waals surface area (Å²) < 4.78 is 14.2. The van der Waals surface area contributed by atoms with Crippen molar-refractivity contribution in [1.29, 1.82) is 0 Å². The molecule has 0 aliphatic heterocycles. The molecular weight excluding hydrogens is 227 g/mol. The topological polar surface area (TPSA) is 87.0 Å². The molecule has 0 aromatic heterocycles. The lowest BCUT2D eigenvalue weighted by molar-refractivity contribution is 0.0956. The van der Waals surface area contributed by atoms with Crippen LogP contribution in [0, 0.1) is 0 Å². The monoisotopic (exact) mass is 234 g/mol. The van der Waals surface area contributed by atoms with Crippen LogP contribution < -0.4 is 0 Å². The smallest absolute Gasteiger partial charge is 0.394 e. The van der Waals surface area contributed by atoms with Crippen LogP contribution in [0.4, 0.5) is 0 Å². The Labute approximate surface area is 66.4 Å². The summed E-state index contributed by atoms with van der Waals surface area (Å²) in [5.41, 5.74) is 0. The molecule has 0 fully saturated rings. The predicted molar refractivity (Wildman–Crippen MR) is 37.8 cm³/mol. The first-order chi connectivity index (χ1) is 4.49. The SMILES string of the molecule is O=P(O)(O)OC(CO)CBr. The van der Waals surface area contributed by atoms with Gasteiger partial charge in [-0.05, 0) is 0 Å². The summed E-state index contributed by atoms with van der Waals surface area (Å²) in [5.74, 6) is 0. The number of rotatable bonds is 4. The maximum Gasteiger partial charge on any atom is 0.469 e. The van der Waals surface area contributed by atoms with E-state index in [0.29, 0.717) is 0 Å². The van der Waals surface area contributed by atoms with Gasteiger partial charge < -0.3 is 14.9 Å². The molecule has 10 heavy (non-hydrogen) atoms. The number of aliphatic hydroxyl groups is 1. The minimum absolute atomic E-state index is 0.189. The minimum Gasteiger partial charge on any atom is -0.394 e. The standard InChI is InChI=1S/C3H8BrO5P/c4-1-3(2-5)9-10(6,7)8/h3,5H,1-2H2,(H2,6,7,8). The van der Waals surface area contributed by atoms with Gasteiger partial charge in [-0.15, -0.1) is 0 Å². The van der Waals surface area contributed by atoms with Gasteiger partial charge in [0.25, 0.3) is 0 Å². The van der Waals surface area contributed by atoms with Crippen molar-refractivity contribution >= 4 is 23.8 Å². The molecule has 0 bridgehead atoms. The Morgan fingerprint density at radius 3 is 2.20 bits per heavy atom. The van der Waals surface area contributed by atoms with E-state index in [4.69, 9.17) is 14.9 Å². The second kappa shape index (κ2) is 4.43. The molecule has 1 atom stereocenters. The third-order valence-electron chi connectivity index (χ3n) is 0.662. The Kier molecular flexibility index (Phi) is 4.68. The van der Waals surface area contributed by atoms with Gasteiger partial charge in [0.2, 0.25) is 0 Å². The van der Waals surface area contributed by atoms with Crippen molar-refractivity contribution < 1.29 is 24.0 Å². The zero-order chi connectivity index (χ0) is 8.20. The van der Waals surface area contributed by atoms with Crippen LogP contribution in [0.25, 0.3) is 0 Å². The van der Waals surface area contributed by atoms with E-state index in [1.807, 2.05) is 0 Å². The first-order valence-corrected chi connectivity index (χ1v) is 5.05. The zero-order valence-corrected chi connectivity index (χ0v) is 7.46. The van der Waals surface area contributed by atoms with E-state index in [2.05, 4.69) is 20.5 Å². The summed E-state index contributed by atoms with van der Waals surface area (Å²) in [6.07, 6.45) is -0.846. The molecule has 0 saturated heterocycles. The summed E-state index contributed by atoms with van der Waals surface area (Å²) in [5, 5.41) is 8.58. The van der Waals surface area contributed by atoms with Gasteiger partial charge in [-0.3, -0.25) is 4.52 Å². The largest absolute Gasteiger partial charge is 0.469 e. The van der Waals surface area contributed by atoms with Gasteiger partial charge in [-0.1, -0.05) is 15.9 Å². The fraction of sp³-hybridized carbons (Fsp3) is 1.00. The Balaban J connectivity index is 3.75. The summed E-state index contributed by atoms with van der Waals surface area (Å²) >= 11 is 2.90. The molecule has 62 valence electrons. The van der Waals surface area contributed by atoms with Gasteiger partial charge in [-0.25, -0.2) is 4.57 Å². The highest BCUT2D eigenvalue weighted by Gasteiger charge is 2.20. The summed E-state index contributed by atoms with van der Waals surface area (Å²) in [6.45, 7) is -0.420. The van der Waals surface area contributed by atoms with Gasteiger partial charge in [0.1, 0.15) is 6.10 Å². The number of hydrogen-bond acceptors (Lipinski definition) is 3. The highest BCUT2D eigenvalue weighted by atomic mass is 79.9. The van der Waals surface area contributed by atoms with Crippen molar-refractivity contribution in [2.75, 3.05) is 11.9 Å². The van der Waals surface area contributed by atoms with E-state index >= 15 is 0 Å². The number of aliphatic hydroxyl groups excluding tert-OH is 1. The van der Waals surface area contributed by atoms with Crippen LogP contribution in [0.15, 0.2) is 0 Å². The quantitative estimate of drug-likeness (QED) is 0.466. The molecule has 0 amide bonds. The highest BCUT2D eigenvalue weighted by molar-refractivity contribution is 9.09. The van der Waals surface area contributed by atoms with Gasteiger partial charge in [0.05, 0.1) is 6.61 Å². The van der Waals surface area contributed by atoms with Crippen molar-refractivity contribution in [3.05, 3.63) is 0 Å². The number of hydrogen-bond donors (Lipinski definition) is 3. The summed E-state index contributed by atoms with van der Waals surface area (Å²) in [6, 6.07) is 0. The molecule has 0 saturated carbocycles. The molecular formula is C3H8BrO5P. The van der Waals surface area contributed by atoms with E-state index < -0.39 is 20.5 Å². The molecule has 0 aliphatic carbocycles. The van der Waals surface area contributed by atoms with Crippen LogP contribution in [0.5, 0.6) is 0 Å². The zero-order valence-electron chi connectivity index (χ0n) is 4.97. The van der Waals surface area contributed by atoms with Crippen LogP contribution in [0.2, 0.25) is 0 Å². The lowest BCUT2D eigenvalue weighted by Crippen LogP contribution is -2.17. The lowest BCUT2D eigenvalue weighted by atomic mass is 10.5. The van der Waals surface area contributed by atoms with Crippen LogP contribution in [-0.4, -0.2) is 32.9 Å². The van der Waals surface area contributed by atoms with Gasteiger partial charge in [-0.2, -0.15) is 0 Å². The third kappa shape index (κ3) is 5.34. The van der Waals surface area contributed by atoms with Crippen molar-refractivity contribution in [1.82, 2.24) is 0 Å². The molecule has 5 nitrogen and oxygen atoms in total. The van der Waals surface area contributed by atoms with Crippen molar-refractivity contribution in [2.24, 2.45) is 0 Å². The average Bonchev–Trinajstić information content (AvgIpc) is 1.81. The fourth-order valence-corrected chi connectivity index (χ4v) is 1.38. The van der Waals surface area contributed by atoms with E-state index in [9.17, 15) is 4.57 Å². The number of phosphoric acid groups is 1. The lowest BCUT2D eigenvalue weighted by Gasteiger charge is -2.11. The first-order valence-electron chi connectivity index (χ1n) is 2.40. The number of alkyl halides is 1. The normalized spacial score (nSPS) is 15.2. The van der Waals surface area contributed by atoms with Crippen molar-refractivity contribution in [3.63, 3.8) is 0 Å². The molecule has 0 radical (unpaired) electrons. The molecule has 1 unspecified atom stereocenters. The predicted octanol–water partition coefficient (Wildman–Crippen LogP) is -0.149. The van der Waals surface area contributed by atoms with Gasteiger partial charge in [0.15, 0.2) is 0 Å². The Bertz CT molecular complexity index is 129. The summed E-state index contributed by atoms with van der Waals surface area (Å²) in [7, 11) is -4.44. The maximum atomic E-state index is 10.1. The average molecular weight is 235 g/mol. The number of phosphoric ester groups is 1. The van der Waals surface area contributed by atoms with Crippen LogP contribution >= 0.6 is 23.8 Å². The minimum atomic E-state index is -4.44. The number of halogens is 1. The van der Waals surface area contributed by atoms with Gasteiger partial charge in [0, 0.05) is 5.33 Å². The van der Waals surface area contributed by atoms with Crippen LogP contribution in [-0.2, 0) is 9.09 Å². The molecule has 0 rings (SSSR count). The highest BCUT2D eigenvalue weighted by Crippen LogP contribution is 2.37. The summed E-state index contributed by atoms with van der Waals surface area (Å²) in [4.78, 5) is 16.4. The third-order valence-corrected chi connectivity index (χ3v) is 1.96. The Morgan fingerprint density at radius 1 is 1.60 bits per heavy atom. The Hall–Kier alpha value is 0.550. The van der Waals surface area contributed by atoms with E-state index in [-0.39, 0.29) is 5.33 Å². The first kappa shape index (κ1) is 10.6. The Morgan fingerprint density at radius 2 is 2.10 bits per heavy atom. The van der Waals surface area contributed by atoms with Crippen molar-refractivity contribution in [3.8, 4) is 0 Å². The van der Waals surface area contributed by atoms with E-state index in [0.717, 1.165) is 0 Å². The fourth-order valence-electron chi connectivity index (χ4n) is 0.304. The molecule has 0 spiro atoms.